The topological polar surface area (TPSA) is 55.6 Å². The van der Waals surface area contributed by atoms with Gasteiger partial charge < -0.3 is 5.32 Å². The van der Waals surface area contributed by atoms with E-state index in [4.69, 9.17) is 0 Å². The SMILES string of the molecule is CCc1nn(C)cc1CNc1cnns1. The van der Waals surface area contributed by atoms with Gasteiger partial charge in [-0.05, 0) is 6.42 Å². The van der Waals surface area contributed by atoms with Crippen LogP contribution < -0.4 is 5.32 Å². The maximum Gasteiger partial charge on any atom is 0.130 e. The molecule has 0 amide bonds. The number of hydrogen-bond acceptors (Lipinski definition) is 5. The molecular formula is C9H13N5S. The Morgan fingerprint density at radius 3 is 3.07 bits per heavy atom. The fourth-order valence-corrected chi connectivity index (χ4v) is 1.87. The van der Waals surface area contributed by atoms with Crippen LogP contribution >= 0.6 is 11.5 Å². The molecular weight excluding hydrogens is 210 g/mol. The summed E-state index contributed by atoms with van der Waals surface area (Å²) < 4.78 is 5.64. The monoisotopic (exact) mass is 223 g/mol. The van der Waals surface area contributed by atoms with Crippen molar-refractivity contribution in [1.29, 1.82) is 0 Å². The lowest BCUT2D eigenvalue weighted by atomic mass is 10.2. The normalized spacial score (nSPS) is 10.5. The van der Waals surface area contributed by atoms with E-state index in [2.05, 4.69) is 26.9 Å². The fourth-order valence-electron chi connectivity index (χ4n) is 1.46. The van der Waals surface area contributed by atoms with E-state index in [-0.39, 0.29) is 0 Å². The molecule has 1 N–H and O–H groups in total. The van der Waals surface area contributed by atoms with Crippen LogP contribution in [0.1, 0.15) is 18.2 Å². The molecule has 5 nitrogen and oxygen atoms in total. The van der Waals surface area contributed by atoms with E-state index in [0.717, 1.165) is 23.7 Å². The van der Waals surface area contributed by atoms with E-state index in [1.165, 1.54) is 17.1 Å². The number of anilines is 1. The highest BCUT2D eigenvalue weighted by Crippen LogP contribution is 2.13. The molecule has 0 aromatic carbocycles. The van der Waals surface area contributed by atoms with E-state index in [9.17, 15) is 0 Å². The molecule has 0 spiro atoms. The van der Waals surface area contributed by atoms with E-state index in [1.807, 2.05) is 17.9 Å². The molecule has 0 aliphatic rings. The van der Waals surface area contributed by atoms with Crippen molar-refractivity contribution in [3.05, 3.63) is 23.7 Å². The third-order valence-corrected chi connectivity index (χ3v) is 2.76. The van der Waals surface area contributed by atoms with E-state index >= 15 is 0 Å². The van der Waals surface area contributed by atoms with Gasteiger partial charge in [0.15, 0.2) is 0 Å². The smallest absolute Gasteiger partial charge is 0.130 e. The third kappa shape index (κ3) is 2.33. The number of hydrogen-bond donors (Lipinski definition) is 1. The first-order chi connectivity index (χ1) is 7.29. The summed E-state index contributed by atoms with van der Waals surface area (Å²) in [6, 6.07) is 0. The van der Waals surface area contributed by atoms with Crippen LogP contribution in [0.5, 0.6) is 0 Å². The molecule has 0 aliphatic heterocycles. The second kappa shape index (κ2) is 4.39. The fraction of sp³-hybridized carbons (Fsp3) is 0.444. The molecule has 0 fully saturated rings. The number of aromatic nitrogens is 4. The molecule has 0 bridgehead atoms. The summed E-state index contributed by atoms with van der Waals surface area (Å²) in [5.74, 6) is 0. The van der Waals surface area contributed by atoms with Crippen LogP contribution in [0.4, 0.5) is 5.00 Å². The first-order valence-electron chi connectivity index (χ1n) is 4.82. The zero-order chi connectivity index (χ0) is 10.7. The second-order valence-corrected chi connectivity index (χ2v) is 4.05. The lowest BCUT2D eigenvalue weighted by molar-refractivity contribution is 0.746. The standard InChI is InChI=1S/C9H13N5S/c1-3-8-7(6-14(2)12-8)4-10-9-5-11-13-15-9/h5-6,10H,3-4H2,1-2H3. The van der Waals surface area contributed by atoms with E-state index in [1.54, 1.807) is 6.20 Å². The molecule has 0 radical (unpaired) electrons. The van der Waals surface area contributed by atoms with Crippen molar-refractivity contribution in [2.24, 2.45) is 7.05 Å². The van der Waals surface area contributed by atoms with Crippen LogP contribution in [-0.4, -0.2) is 19.4 Å². The summed E-state index contributed by atoms with van der Waals surface area (Å²) in [6.07, 6.45) is 4.73. The third-order valence-electron chi connectivity index (χ3n) is 2.14. The predicted octanol–water partition coefficient (Wildman–Crippen LogP) is 1.45. The molecule has 80 valence electrons. The summed E-state index contributed by atoms with van der Waals surface area (Å²) in [5.41, 5.74) is 2.37. The van der Waals surface area contributed by atoms with E-state index < -0.39 is 0 Å². The van der Waals surface area contributed by atoms with Gasteiger partial charge in [0.05, 0.1) is 11.9 Å². The first kappa shape index (κ1) is 10.1. The Kier molecular flexibility index (Phi) is 2.96. The lowest BCUT2D eigenvalue weighted by Gasteiger charge is -2.00. The first-order valence-corrected chi connectivity index (χ1v) is 5.59. The van der Waals surface area contributed by atoms with Crippen molar-refractivity contribution >= 4 is 16.5 Å². The van der Waals surface area contributed by atoms with Gasteiger partial charge >= 0.3 is 0 Å². The molecule has 0 unspecified atom stereocenters. The molecule has 2 heterocycles. The number of rotatable bonds is 4. The minimum atomic E-state index is 0.779. The van der Waals surface area contributed by atoms with Gasteiger partial charge in [0, 0.05) is 36.9 Å². The molecule has 2 aromatic rings. The zero-order valence-corrected chi connectivity index (χ0v) is 9.58. The number of nitrogens with one attached hydrogen (secondary N) is 1. The van der Waals surface area contributed by atoms with Crippen molar-refractivity contribution < 1.29 is 0 Å². The maximum absolute atomic E-state index is 4.38. The number of nitrogens with zero attached hydrogens (tertiary/aromatic N) is 4. The average molecular weight is 223 g/mol. The Balaban J connectivity index is 2.04. The van der Waals surface area contributed by atoms with Gasteiger partial charge in [0.25, 0.3) is 0 Å². The van der Waals surface area contributed by atoms with Gasteiger partial charge in [-0.25, -0.2) is 0 Å². The van der Waals surface area contributed by atoms with Gasteiger partial charge in [-0.1, -0.05) is 11.4 Å². The Labute approximate surface area is 92.3 Å². The lowest BCUT2D eigenvalue weighted by Crippen LogP contribution is -1.99. The Hall–Kier alpha value is -1.43. The molecule has 15 heavy (non-hydrogen) atoms. The Bertz CT molecular complexity index is 420. The minimum absolute atomic E-state index is 0.779. The summed E-state index contributed by atoms with van der Waals surface area (Å²) in [6.45, 7) is 2.89. The highest BCUT2D eigenvalue weighted by Gasteiger charge is 2.05. The van der Waals surface area contributed by atoms with Crippen molar-refractivity contribution in [1.82, 2.24) is 19.4 Å². The summed E-state index contributed by atoms with van der Waals surface area (Å²) in [4.78, 5) is 0. The van der Waals surface area contributed by atoms with Crippen molar-refractivity contribution in [2.45, 2.75) is 19.9 Å². The summed E-state index contributed by atoms with van der Waals surface area (Å²) >= 11 is 1.36. The minimum Gasteiger partial charge on any atom is -0.370 e. The molecule has 0 atom stereocenters. The van der Waals surface area contributed by atoms with Crippen LogP contribution in [-0.2, 0) is 20.0 Å². The van der Waals surface area contributed by atoms with Crippen LogP contribution in [0.2, 0.25) is 0 Å². The Morgan fingerprint density at radius 1 is 1.53 bits per heavy atom. The molecule has 0 saturated heterocycles. The van der Waals surface area contributed by atoms with Gasteiger partial charge in [-0.3, -0.25) is 4.68 Å². The Morgan fingerprint density at radius 2 is 2.40 bits per heavy atom. The van der Waals surface area contributed by atoms with Crippen LogP contribution in [0.25, 0.3) is 0 Å². The predicted molar refractivity (Wildman–Crippen MR) is 59.8 cm³/mol. The van der Waals surface area contributed by atoms with Crippen LogP contribution in [0, 0.1) is 0 Å². The summed E-state index contributed by atoms with van der Waals surface area (Å²) in [5, 5.41) is 12.4. The van der Waals surface area contributed by atoms with E-state index in [0.29, 0.717) is 0 Å². The highest BCUT2D eigenvalue weighted by molar-refractivity contribution is 7.09. The molecule has 0 saturated carbocycles. The van der Waals surface area contributed by atoms with Gasteiger partial charge in [0.1, 0.15) is 5.00 Å². The second-order valence-electron chi connectivity index (χ2n) is 3.26. The van der Waals surface area contributed by atoms with Gasteiger partial charge in [-0.2, -0.15) is 5.10 Å². The van der Waals surface area contributed by atoms with Crippen LogP contribution in [0.3, 0.4) is 0 Å². The zero-order valence-electron chi connectivity index (χ0n) is 8.77. The maximum atomic E-state index is 4.38. The van der Waals surface area contributed by atoms with Gasteiger partial charge in [0.2, 0.25) is 0 Å². The summed E-state index contributed by atoms with van der Waals surface area (Å²) in [7, 11) is 1.94. The number of aryl methyl sites for hydroxylation is 2. The quantitative estimate of drug-likeness (QED) is 0.852. The van der Waals surface area contributed by atoms with Crippen LogP contribution in [0.15, 0.2) is 12.4 Å². The molecule has 2 rings (SSSR count). The highest BCUT2D eigenvalue weighted by atomic mass is 32.1. The molecule has 6 heteroatoms. The van der Waals surface area contributed by atoms with Crippen molar-refractivity contribution in [2.75, 3.05) is 5.32 Å². The van der Waals surface area contributed by atoms with Crippen molar-refractivity contribution in [3.63, 3.8) is 0 Å². The largest absolute Gasteiger partial charge is 0.370 e. The average Bonchev–Trinajstić information content (AvgIpc) is 2.83. The molecule has 0 aliphatic carbocycles. The van der Waals surface area contributed by atoms with Gasteiger partial charge in [-0.15, -0.1) is 5.10 Å². The molecule has 2 aromatic heterocycles. The van der Waals surface area contributed by atoms with Crippen molar-refractivity contribution in [3.8, 4) is 0 Å².